The van der Waals surface area contributed by atoms with E-state index in [4.69, 9.17) is 0 Å². The molecule has 1 aliphatic heterocycles. The summed E-state index contributed by atoms with van der Waals surface area (Å²) >= 11 is 1.36. The van der Waals surface area contributed by atoms with Gasteiger partial charge in [-0.05, 0) is 23.1 Å². The van der Waals surface area contributed by atoms with E-state index in [0.717, 1.165) is 10.6 Å². The van der Waals surface area contributed by atoms with Gasteiger partial charge in [0.1, 0.15) is 5.01 Å². The molecule has 1 fully saturated rings. The quantitative estimate of drug-likeness (QED) is 0.621. The highest BCUT2D eigenvalue weighted by molar-refractivity contribution is 7.18. The third-order valence-electron chi connectivity index (χ3n) is 5.72. The number of nitrogens with one attached hydrogen (secondary N) is 1. The number of carbonyl (C=O) groups excluding carboxylic acids is 2. The number of hydrogen-bond donors (Lipinski definition) is 1. The van der Waals surface area contributed by atoms with Crippen LogP contribution in [0.4, 0.5) is 5.13 Å². The molecule has 0 radical (unpaired) electrons. The van der Waals surface area contributed by atoms with Crippen molar-refractivity contribution in [2.24, 2.45) is 0 Å². The molecule has 1 N–H and O–H groups in total. The molecule has 172 valence electrons. The second kappa shape index (κ2) is 9.80. The van der Waals surface area contributed by atoms with Crippen molar-refractivity contribution in [1.82, 2.24) is 20.0 Å². The number of anilines is 1. The normalized spacial score (nSPS) is 14.8. The Labute approximate surface area is 198 Å². The van der Waals surface area contributed by atoms with Crippen LogP contribution < -0.4 is 5.32 Å². The van der Waals surface area contributed by atoms with Crippen molar-refractivity contribution in [2.45, 2.75) is 26.2 Å². The van der Waals surface area contributed by atoms with Gasteiger partial charge in [-0.3, -0.25) is 19.8 Å². The van der Waals surface area contributed by atoms with Crippen LogP contribution in [0.25, 0.3) is 10.6 Å². The van der Waals surface area contributed by atoms with Gasteiger partial charge in [-0.15, -0.1) is 10.2 Å². The molecular formula is C25H29N5O2S. The minimum absolute atomic E-state index is 0.0434. The maximum absolute atomic E-state index is 12.9. The Hall–Kier alpha value is -3.10. The lowest BCUT2D eigenvalue weighted by Crippen LogP contribution is -2.50. The van der Waals surface area contributed by atoms with Gasteiger partial charge in [0, 0.05) is 37.3 Å². The Bertz CT molecular complexity index is 1100. The highest BCUT2D eigenvalue weighted by atomic mass is 32.1. The molecule has 33 heavy (non-hydrogen) atoms. The zero-order chi connectivity index (χ0) is 23.4. The van der Waals surface area contributed by atoms with Crippen LogP contribution in [-0.4, -0.2) is 64.5 Å². The number of carbonyl (C=O) groups is 2. The Balaban J connectivity index is 1.26. The average molecular weight is 464 g/mol. The largest absolute Gasteiger partial charge is 0.336 e. The second-order valence-corrected chi connectivity index (χ2v) is 10.2. The first kappa shape index (κ1) is 23.1. The molecule has 2 amide bonds. The van der Waals surface area contributed by atoms with E-state index in [-0.39, 0.29) is 23.8 Å². The molecule has 0 aliphatic carbocycles. The molecule has 2 aromatic carbocycles. The van der Waals surface area contributed by atoms with E-state index >= 15 is 0 Å². The number of hydrogen-bond acceptors (Lipinski definition) is 6. The molecule has 8 heteroatoms. The van der Waals surface area contributed by atoms with Gasteiger partial charge in [-0.25, -0.2) is 0 Å². The van der Waals surface area contributed by atoms with Gasteiger partial charge in [0.2, 0.25) is 11.0 Å². The Kier molecular flexibility index (Phi) is 6.85. The number of aromatic nitrogens is 2. The van der Waals surface area contributed by atoms with E-state index in [1.54, 1.807) is 0 Å². The van der Waals surface area contributed by atoms with Crippen LogP contribution in [-0.2, 0) is 10.2 Å². The number of nitrogens with zero attached hydrogens (tertiary/aromatic N) is 4. The van der Waals surface area contributed by atoms with Gasteiger partial charge in [0.15, 0.2) is 0 Å². The van der Waals surface area contributed by atoms with Crippen molar-refractivity contribution in [3.8, 4) is 10.6 Å². The summed E-state index contributed by atoms with van der Waals surface area (Å²) in [6.07, 6.45) is 0. The van der Waals surface area contributed by atoms with Crippen molar-refractivity contribution in [2.75, 3.05) is 38.0 Å². The van der Waals surface area contributed by atoms with Gasteiger partial charge >= 0.3 is 0 Å². The number of piperazine rings is 1. The van der Waals surface area contributed by atoms with E-state index in [1.165, 1.54) is 16.9 Å². The van der Waals surface area contributed by atoms with Crippen LogP contribution in [0.3, 0.4) is 0 Å². The molecule has 0 bridgehead atoms. The number of benzene rings is 2. The molecule has 0 spiro atoms. The molecule has 7 nitrogen and oxygen atoms in total. The summed E-state index contributed by atoms with van der Waals surface area (Å²) in [6.45, 7) is 9.26. The van der Waals surface area contributed by atoms with Crippen molar-refractivity contribution < 1.29 is 9.59 Å². The van der Waals surface area contributed by atoms with Gasteiger partial charge in [0.25, 0.3) is 5.91 Å². The summed E-state index contributed by atoms with van der Waals surface area (Å²) in [6, 6.07) is 17.7. The van der Waals surface area contributed by atoms with Crippen molar-refractivity contribution in [1.29, 1.82) is 0 Å². The van der Waals surface area contributed by atoms with Crippen LogP contribution in [0.5, 0.6) is 0 Å². The lowest BCUT2D eigenvalue weighted by atomic mass is 9.86. The van der Waals surface area contributed by atoms with E-state index in [2.05, 4.69) is 41.2 Å². The first-order valence-electron chi connectivity index (χ1n) is 11.1. The SMILES string of the molecule is CC(C)(C)c1ccc(C(=O)N2CCN(CC(=O)Nc3nnc(-c4ccccc4)s3)CC2)cc1. The zero-order valence-electron chi connectivity index (χ0n) is 19.2. The minimum Gasteiger partial charge on any atom is -0.336 e. The zero-order valence-corrected chi connectivity index (χ0v) is 20.1. The Morgan fingerprint density at radius 3 is 2.24 bits per heavy atom. The predicted molar refractivity (Wildman–Crippen MR) is 131 cm³/mol. The van der Waals surface area contributed by atoms with Crippen LogP contribution in [0, 0.1) is 0 Å². The summed E-state index contributed by atoms with van der Waals surface area (Å²) in [4.78, 5) is 29.3. The Morgan fingerprint density at radius 2 is 1.61 bits per heavy atom. The predicted octanol–water partition coefficient (Wildman–Crippen LogP) is 3.90. The van der Waals surface area contributed by atoms with Gasteiger partial charge in [0.05, 0.1) is 6.54 Å². The summed E-state index contributed by atoms with van der Waals surface area (Å²) in [7, 11) is 0. The molecule has 2 heterocycles. The van der Waals surface area contributed by atoms with Gasteiger partial charge < -0.3 is 4.90 Å². The van der Waals surface area contributed by atoms with Crippen LogP contribution in [0.2, 0.25) is 0 Å². The van der Waals surface area contributed by atoms with E-state index < -0.39 is 0 Å². The topological polar surface area (TPSA) is 78.4 Å². The van der Waals surface area contributed by atoms with Crippen LogP contribution in [0.15, 0.2) is 54.6 Å². The molecule has 3 aromatic rings. The fourth-order valence-electron chi connectivity index (χ4n) is 3.74. The molecule has 1 aliphatic rings. The van der Waals surface area contributed by atoms with Gasteiger partial charge in [-0.2, -0.15) is 0 Å². The van der Waals surface area contributed by atoms with Crippen LogP contribution in [0.1, 0.15) is 36.7 Å². The highest BCUT2D eigenvalue weighted by Gasteiger charge is 2.24. The third-order valence-corrected chi connectivity index (χ3v) is 6.60. The van der Waals surface area contributed by atoms with Crippen molar-refractivity contribution in [3.63, 3.8) is 0 Å². The van der Waals surface area contributed by atoms with E-state index in [1.807, 2.05) is 59.5 Å². The third kappa shape index (κ3) is 5.83. The molecule has 1 aromatic heterocycles. The Morgan fingerprint density at radius 1 is 0.939 bits per heavy atom. The lowest BCUT2D eigenvalue weighted by molar-refractivity contribution is -0.117. The molecule has 1 saturated heterocycles. The standard InChI is InChI=1S/C25H29N5O2S/c1-25(2,3)20-11-9-19(10-12-20)23(32)30-15-13-29(14-16-30)17-21(31)26-24-28-27-22(33-24)18-7-5-4-6-8-18/h4-12H,13-17H2,1-3H3,(H,26,28,31). The fourth-order valence-corrected chi connectivity index (χ4v) is 4.50. The lowest BCUT2D eigenvalue weighted by Gasteiger charge is -2.34. The van der Waals surface area contributed by atoms with Crippen molar-refractivity contribution in [3.05, 3.63) is 65.7 Å². The number of amides is 2. The fraction of sp³-hybridized carbons (Fsp3) is 0.360. The summed E-state index contributed by atoms with van der Waals surface area (Å²) in [5, 5.41) is 12.3. The van der Waals surface area contributed by atoms with E-state index in [0.29, 0.717) is 36.9 Å². The summed E-state index contributed by atoms with van der Waals surface area (Å²) in [5.74, 6) is -0.0785. The second-order valence-electron chi connectivity index (χ2n) is 9.22. The highest BCUT2D eigenvalue weighted by Crippen LogP contribution is 2.26. The first-order valence-corrected chi connectivity index (χ1v) is 11.9. The minimum atomic E-state index is -0.122. The molecule has 4 rings (SSSR count). The smallest absolute Gasteiger partial charge is 0.253 e. The molecule has 0 saturated carbocycles. The molecule has 0 unspecified atom stereocenters. The van der Waals surface area contributed by atoms with Gasteiger partial charge in [-0.1, -0.05) is 74.6 Å². The monoisotopic (exact) mass is 463 g/mol. The maximum atomic E-state index is 12.9. The molecule has 0 atom stereocenters. The number of rotatable bonds is 5. The molecular weight excluding hydrogens is 434 g/mol. The average Bonchev–Trinajstić information content (AvgIpc) is 3.27. The van der Waals surface area contributed by atoms with Crippen molar-refractivity contribution >= 4 is 28.3 Å². The van der Waals surface area contributed by atoms with Crippen LogP contribution >= 0.6 is 11.3 Å². The maximum Gasteiger partial charge on any atom is 0.253 e. The first-order chi connectivity index (χ1) is 15.8. The summed E-state index contributed by atoms with van der Waals surface area (Å²) in [5.41, 5.74) is 2.95. The van der Waals surface area contributed by atoms with E-state index in [9.17, 15) is 9.59 Å². The summed E-state index contributed by atoms with van der Waals surface area (Å²) < 4.78 is 0.